The number of rotatable bonds is 2. The summed E-state index contributed by atoms with van der Waals surface area (Å²) in [5.74, 6) is 0.593. The summed E-state index contributed by atoms with van der Waals surface area (Å²) in [6.07, 6.45) is 2.91. The predicted octanol–water partition coefficient (Wildman–Crippen LogP) is 3.41. The topological polar surface area (TPSA) is 101 Å². The Morgan fingerprint density at radius 3 is 3.00 bits per heavy atom. The Kier molecular flexibility index (Phi) is 4.25. The summed E-state index contributed by atoms with van der Waals surface area (Å²) >= 11 is 7.75. The fourth-order valence-electron chi connectivity index (χ4n) is 3.41. The van der Waals surface area contributed by atoms with Crippen molar-refractivity contribution in [1.29, 1.82) is 0 Å². The Labute approximate surface area is 172 Å². The Bertz CT molecular complexity index is 1270. The van der Waals surface area contributed by atoms with Gasteiger partial charge in [0.05, 0.1) is 23.0 Å². The minimum Gasteiger partial charge on any atom is -0.340 e. The third-order valence-electron chi connectivity index (χ3n) is 4.66. The van der Waals surface area contributed by atoms with Crippen LogP contribution in [0.3, 0.4) is 0 Å². The zero-order valence-corrected chi connectivity index (χ0v) is 16.6. The third-order valence-corrected chi connectivity index (χ3v) is 6.24. The second-order valence-corrected chi connectivity index (χ2v) is 7.96. The molecule has 4 aromatic rings. The van der Waals surface area contributed by atoms with Gasteiger partial charge in [0.25, 0.3) is 0 Å². The molecule has 4 heterocycles. The van der Waals surface area contributed by atoms with E-state index < -0.39 is 5.82 Å². The van der Waals surface area contributed by atoms with Crippen LogP contribution in [0, 0.1) is 12.7 Å². The van der Waals surface area contributed by atoms with Gasteiger partial charge >= 0.3 is 0 Å². The molecule has 0 bridgehead atoms. The molecule has 1 aliphatic rings. The molecule has 0 unspecified atom stereocenters. The van der Waals surface area contributed by atoms with Crippen molar-refractivity contribution in [2.75, 3.05) is 11.1 Å². The summed E-state index contributed by atoms with van der Waals surface area (Å²) in [6, 6.07) is 4.28. The van der Waals surface area contributed by atoms with Crippen molar-refractivity contribution < 1.29 is 9.18 Å². The molecule has 0 aliphatic carbocycles. The van der Waals surface area contributed by atoms with Crippen molar-refractivity contribution in [3.8, 4) is 5.82 Å². The van der Waals surface area contributed by atoms with E-state index in [4.69, 9.17) is 11.6 Å². The molecule has 0 spiro atoms. The maximum Gasteiger partial charge on any atom is 0.235 e. The van der Waals surface area contributed by atoms with Gasteiger partial charge in [-0.25, -0.2) is 19.3 Å². The quantitative estimate of drug-likeness (QED) is 0.506. The molecule has 1 aromatic carbocycles. The van der Waals surface area contributed by atoms with Crippen molar-refractivity contribution in [1.82, 2.24) is 29.7 Å². The van der Waals surface area contributed by atoms with Crippen molar-refractivity contribution in [2.24, 2.45) is 0 Å². The molecule has 29 heavy (non-hydrogen) atoms. The fourth-order valence-corrected chi connectivity index (χ4v) is 4.97. The number of nitrogens with zero attached hydrogens (tertiary/aromatic N) is 5. The molecule has 0 fully saturated rings. The van der Waals surface area contributed by atoms with Gasteiger partial charge in [0.2, 0.25) is 5.91 Å². The number of H-pyrrole nitrogens is 1. The van der Waals surface area contributed by atoms with E-state index >= 15 is 0 Å². The van der Waals surface area contributed by atoms with Crippen LogP contribution in [0.15, 0.2) is 30.9 Å². The number of halogens is 2. The number of aryl methyl sites for hydroxylation is 1. The number of hydrogen-bond acceptors (Lipinski definition) is 6. The van der Waals surface area contributed by atoms with Gasteiger partial charge in [0.15, 0.2) is 11.5 Å². The highest BCUT2D eigenvalue weighted by Gasteiger charge is 2.32. The van der Waals surface area contributed by atoms with E-state index in [1.807, 2.05) is 6.92 Å². The number of carbonyl (C=O) groups is 1. The van der Waals surface area contributed by atoms with Crippen LogP contribution in [0.25, 0.3) is 17.0 Å². The lowest BCUT2D eigenvalue weighted by Crippen LogP contribution is -2.16. The van der Waals surface area contributed by atoms with Gasteiger partial charge in [0, 0.05) is 10.6 Å². The standard InChI is InChI=1S/C18H13ClFN7OS/c1-8-13-15(10-3-2-9(20)4-11(10)19)29-5-12(28)25-17(13)27(26-8)18-14-16(22-6-21-14)23-7-24-18/h2-4,6-7,15H,5H2,1H3,(H,25,28)(H,21,22,23,24)/t15-/m0/s1. The van der Waals surface area contributed by atoms with Gasteiger partial charge in [-0.1, -0.05) is 17.7 Å². The molecule has 1 atom stereocenters. The van der Waals surface area contributed by atoms with Gasteiger partial charge in [-0.3, -0.25) is 4.79 Å². The van der Waals surface area contributed by atoms with Crippen molar-refractivity contribution >= 4 is 46.3 Å². The second kappa shape index (κ2) is 6.82. The maximum atomic E-state index is 13.6. The number of thioether (sulfide) groups is 1. The summed E-state index contributed by atoms with van der Waals surface area (Å²) in [7, 11) is 0. The zero-order valence-electron chi connectivity index (χ0n) is 15.0. The van der Waals surface area contributed by atoms with E-state index in [1.54, 1.807) is 10.7 Å². The number of carbonyl (C=O) groups excluding carboxylic acids is 1. The van der Waals surface area contributed by atoms with E-state index in [2.05, 4.69) is 30.4 Å². The monoisotopic (exact) mass is 429 g/mol. The molecule has 3 aromatic heterocycles. The van der Waals surface area contributed by atoms with E-state index in [0.29, 0.717) is 39.1 Å². The molecule has 11 heteroatoms. The molecule has 0 saturated carbocycles. The average molecular weight is 430 g/mol. The van der Waals surface area contributed by atoms with E-state index in [9.17, 15) is 9.18 Å². The minimum atomic E-state index is -0.415. The first-order chi connectivity index (χ1) is 14.0. The third kappa shape index (κ3) is 2.95. The minimum absolute atomic E-state index is 0.173. The molecule has 1 aliphatic heterocycles. The van der Waals surface area contributed by atoms with Gasteiger partial charge in [0.1, 0.15) is 23.5 Å². The Balaban J connectivity index is 1.74. The molecule has 8 nitrogen and oxygen atoms in total. The molecular formula is C18H13ClFN7OS. The van der Waals surface area contributed by atoms with E-state index in [1.165, 1.54) is 36.5 Å². The number of nitrogens with one attached hydrogen (secondary N) is 2. The second-order valence-electron chi connectivity index (χ2n) is 6.46. The van der Waals surface area contributed by atoms with Crippen molar-refractivity contribution in [3.05, 3.63) is 58.5 Å². The number of aromatic nitrogens is 6. The molecule has 2 N–H and O–H groups in total. The Morgan fingerprint density at radius 2 is 2.17 bits per heavy atom. The highest BCUT2D eigenvalue weighted by Crippen LogP contribution is 2.46. The number of amides is 1. The SMILES string of the molecule is Cc1nn(-c2ncnc3nc[nH]c23)c2c1[C@H](c1ccc(F)cc1Cl)SCC(=O)N2. The highest BCUT2D eigenvalue weighted by atomic mass is 35.5. The summed E-state index contributed by atoms with van der Waals surface area (Å²) < 4.78 is 15.1. The summed E-state index contributed by atoms with van der Waals surface area (Å²) in [4.78, 5) is 28.1. The van der Waals surface area contributed by atoms with E-state index in [0.717, 1.165) is 5.56 Å². The van der Waals surface area contributed by atoms with Crippen LogP contribution in [0.2, 0.25) is 5.02 Å². The number of imidazole rings is 1. The number of aromatic amines is 1. The van der Waals surface area contributed by atoms with Gasteiger partial charge in [-0.05, 0) is 24.6 Å². The lowest BCUT2D eigenvalue weighted by Gasteiger charge is -2.16. The van der Waals surface area contributed by atoms with Crippen LogP contribution >= 0.6 is 23.4 Å². The molecular weight excluding hydrogens is 417 g/mol. The maximum absolute atomic E-state index is 13.6. The average Bonchev–Trinajstić information content (AvgIpc) is 3.24. The van der Waals surface area contributed by atoms with Gasteiger partial charge in [-0.15, -0.1) is 11.8 Å². The first kappa shape index (κ1) is 18.1. The van der Waals surface area contributed by atoms with Crippen molar-refractivity contribution in [2.45, 2.75) is 12.2 Å². The van der Waals surface area contributed by atoms with Crippen molar-refractivity contribution in [3.63, 3.8) is 0 Å². The lowest BCUT2D eigenvalue weighted by atomic mass is 10.0. The van der Waals surface area contributed by atoms with Crippen LogP contribution < -0.4 is 5.32 Å². The molecule has 0 radical (unpaired) electrons. The van der Waals surface area contributed by atoms with E-state index in [-0.39, 0.29) is 16.9 Å². The number of anilines is 1. The number of benzene rings is 1. The fraction of sp³-hybridized carbons (Fsp3) is 0.167. The normalized spacial score (nSPS) is 16.5. The van der Waals surface area contributed by atoms with Crippen LogP contribution in [0.5, 0.6) is 0 Å². The summed E-state index contributed by atoms with van der Waals surface area (Å²) in [5, 5.41) is 7.55. The Hall–Kier alpha value is -2.98. The zero-order chi connectivity index (χ0) is 20.1. The molecule has 5 rings (SSSR count). The van der Waals surface area contributed by atoms with Crippen LogP contribution in [0.4, 0.5) is 10.2 Å². The largest absolute Gasteiger partial charge is 0.340 e. The smallest absolute Gasteiger partial charge is 0.235 e. The number of hydrogen-bond donors (Lipinski definition) is 2. The van der Waals surface area contributed by atoms with Crippen LogP contribution in [-0.2, 0) is 4.79 Å². The molecule has 0 saturated heterocycles. The molecule has 146 valence electrons. The first-order valence-corrected chi connectivity index (χ1v) is 10.1. The van der Waals surface area contributed by atoms with Gasteiger partial charge in [-0.2, -0.15) is 9.78 Å². The number of fused-ring (bicyclic) bond motifs is 2. The highest BCUT2D eigenvalue weighted by molar-refractivity contribution is 8.00. The lowest BCUT2D eigenvalue weighted by molar-refractivity contribution is -0.113. The first-order valence-electron chi connectivity index (χ1n) is 8.63. The summed E-state index contributed by atoms with van der Waals surface area (Å²) in [5.41, 5.74) is 3.30. The predicted molar refractivity (Wildman–Crippen MR) is 108 cm³/mol. The Morgan fingerprint density at radius 1 is 1.31 bits per heavy atom. The van der Waals surface area contributed by atoms with Crippen LogP contribution in [-0.4, -0.2) is 41.4 Å². The van der Waals surface area contributed by atoms with Gasteiger partial charge < -0.3 is 10.3 Å². The molecule has 1 amide bonds. The summed E-state index contributed by atoms with van der Waals surface area (Å²) in [6.45, 7) is 1.85. The van der Waals surface area contributed by atoms with Crippen LogP contribution in [0.1, 0.15) is 22.1 Å².